The van der Waals surface area contributed by atoms with Crippen LogP contribution in [0.25, 0.3) is 0 Å². The van der Waals surface area contributed by atoms with Gasteiger partial charge in [0.1, 0.15) is 0 Å². The van der Waals surface area contributed by atoms with Crippen molar-refractivity contribution in [1.82, 2.24) is 4.90 Å². The molecular weight excluding hydrogens is 234 g/mol. The SMILES string of the molecule is CCOC(=O)N1CCSC(c2ccccc2)C1. The number of carbonyl (C=O) groups excluding carboxylic acids is 1. The van der Waals surface area contributed by atoms with Gasteiger partial charge in [0.25, 0.3) is 0 Å². The van der Waals surface area contributed by atoms with E-state index in [1.165, 1.54) is 5.56 Å². The van der Waals surface area contributed by atoms with Gasteiger partial charge in [0.15, 0.2) is 0 Å². The Bertz CT molecular complexity index is 369. The van der Waals surface area contributed by atoms with E-state index in [1.54, 1.807) is 4.90 Å². The third-order valence-electron chi connectivity index (χ3n) is 2.76. The smallest absolute Gasteiger partial charge is 0.409 e. The first-order chi connectivity index (χ1) is 8.31. The fraction of sp³-hybridized carbons (Fsp3) is 0.462. The van der Waals surface area contributed by atoms with Crippen LogP contribution in [0.15, 0.2) is 30.3 Å². The minimum atomic E-state index is -0.186. The summed E-state index contributed by atoms with van der Waals surface area (Å²) in [5, 5.41) is 0.370. The number of ether oxygens (including phenoxy) is 1. The summed E-state index contributed by atoms with van der Waals surface area (Å²) in [5.41, 5.74) is 1.28. The maximum absolute atomic E-state index is 11.7. The predicted octanol–water partition coefficient (Wildman–Crippen LogP) is 2.93. The van der Waals surface area contributed by atoms with E-state index in [2.05, 4.69) is 12.1 Å². The van der Waals surface area contributed by atoms with Crippen molar-refractivity contribution >= 4 is 17.9 Å². The summed E-state index contributed by atoms with van der Waals surface area (Å²) < 4.78 is 5.04. The summed E-state index contributed by atoms with van der Waals surface area (Å²) in [6.45, 7) is 3.81. The normalized spacial score (nSPS) is 20.1. The highest BCUT2D eigenvalue weighted by Gasteiger charge is 2.25. The van der Waals surface area contributed by atoms with Gasteiger partial charge in [-0.3, -0.25) is 0 Å². The molecule has 0 N–H and O–H groups in total. The number of nitrogens with zero attached hydrogens (tertiary/aromatic N) is 1. The largest absolute Gasteiger partial charge is 0.450 e. The molecule has 2 rings (SSSR count). The van der Waals surface area contributed by atoms with E-state index in [1.807, 2.05) is 36.9 Å². The van der Waals surface area contributed by atoms with Gasteiger partial charge >= 0.3 is 6.09 Å². The molecule has 92 valence electrons. The number of carbonyl (C=O) groups is 1. The van der Waals surface area contributed by atoms with Crippen LogP contribution in [0.1, 0.15) is 17.7 Å². The van der Waals surface area contributed by atoms with Crippen LogP contribution < -0.4 is 0 Å². The van der Waals surface area contributed by atoms with Crippen molar-refractivity contribution in [2.75, 3.05) is 25.4 Å². The molecule has 4 heteroatoms. The van der Waals surface area contributed by atoms with E-state index in [4.69, 9.17) is 4.74 Å². The monoisotopic (exact) mass is 251 g/mol. The maximum Gasteiger partial charge on any atom is 0.409 e. The third-order valence-corrected chi connectivity index (χ3v) is 4.01. The third kappa shape index (κ3) is 3.16. The summed E-state index contributed by atoms with van der Waals surface area (Å²) in [5.74, 6) is 0.971. The first-order valence-corrected chi connectivity index (χ1v) is 6.94. The molecule has 1 aromatic rings. The van der Waals surface area contributed by atoms with Crippen LogP contribution in [0.2, 0.25) is 0 Å². The van der Waals surface area contributed by atoms with E-state index in [9.17, 15) is 4.79 Å². The van der Waals surface area contributed by atoms with Gasteiger partial charge in [-0.2, -0.15) is 11.8 Å². The van der Waals surface area contributed by atoms with Crippen molar-refractivity contribution in [2.45, 2.75) is 12.2 Å². The van der Waals surface area contributed by atoms with Crippen molar-refractivity contribution in [1.29, 1.82) is 0 Å². The molecular formula is C13H17NO2S. The molecule has 17 heavy (non-hydrogen) atoms. The first-order valence-electron chi connectivity index (χ1n) is 5.89. The average molecular weight is 251 g/mol. The van der Waals surface area contributed by atoms with Crippen molar-refractivity contribution in [3.63, 3.8) is 0 Å². The minimum Gasteiger partial charge on any atom is -0.450 e. The Kier molecular flexibility index (Phi) is 4.31. The Morgan fingerprint density at radius 2 is 2.24 bits per heavy atom. The molecule has 1 aromatic carbocycles. The molecule has 0 spiro atoms. The highest BCUT2D eigenvalue weighted by atomic mass is 32.2. The first kappa shape index (κ1) is 12.3. The Hall–Kier alpha value is -1.16. The lowest BCUT2D eigenvalue weighted by Gasteiger charge is -2.31. The second kappa shape index (κ2) is 5.96. The van der Waals surface area contributed by atoms with Crippen molar-refractivity contribution < 1.29 is 9.53 Å². The van der Waals surface area contributed by atoms with E-state index in [-0.39, 0.29) is 6.09 Å². The Morgan fingerprint density at radius 1 is 1.47 bits per heavy atom. The summed E-state index contributed by atoms with van der Waals surface area (Å²) in [6, 6.07) is 10.3. The molecule has 3 nitrogen and oxygen atoms in total. The molecule has 1 saturated heterocycles. The van der Waals surface area contributed by atoms with Crippen molar-refractivity contribution in [3.05, 3.63) is 35.9 Å². The van der Waals surface area contributed by atoms with Gasteiger partial charge in [-0.15, -0.1) is 0 Å². The molecule has 1 atom stereocenters. The topological polar surface area (TPSA) is 29.5 Å². The number of amides is 1. The summed E-state index contributed by atoms with van der Waals surface area (Å²) in [6.07, 6.45) is -0.186. The number of hydrogen-bond acceptors (Lipinski definition) is 3. The molecule has 0 radical (unpaired) electrons. The Balaban J connectivity index is 2.00. The Morgan fingerprint density at radius 3 is 2.94 bits per heavy atom. The summed E-state index contributed by atoms with van der Waals surface area (Å²) in [7, 11) is 0. The summed E-state index contributed by atoms with van der Waals surface area (Å²) in [4.78, 5) is 13.5. The standard InChI is InChI=1S/C13H17NO2S/c1-2-16-13(15)14-8-9-17-12(10-14)11-6-4-3-5-7-11/h3-7,12H,2,8-10H2,1H3. The van der Waals surface area contributed by atoms with Gasteiger partial charge in [0.2, 0.25) is 0 Å². The average Bonchev–Trinajstić information content (AvgIpc) is 2.40. The van der Waals surface area contributed by atoms with Gasteiger partial charge in [-0.1, -0.05) is 30.3 Å². The quantitative estimate of drug-likeness (QED) is 0.809. The van der Waals surface area contributed by atoms with Gasteiger partial charge in [-0.05, 0) is 12.5 Å². The number of rotatable bonds is 2. The van der Waals surface area contributed by atoms with Crippen LogP contribution in [0, 0.1) is 0 Å². The van der Waals surface area contributed by atoms with Crippen LogP contribution in [0.5, 0.6) is 0 Å². The van der Waals surface area contributed by atoms with Gasteiger partial charge in [0, 0.05) is 24.1 Å². The fourth-order valence-corrected chi connectivity index (χ4v) is 3.14. The van der Waals surface area contributed by atoms with Crippen LogP contribution in [0.4, 0.5) is 4.79 Å². The van der Waals surface area contributed by atoms with Crippen LogP contribution in [-0.2, 0) is 4.74 Å². The molecule has 0 saturated carbocycles. The van der Waals surface area contributed by atoms with E-state index in [0.29, 0.717) is 11.9 Å². The maximum atomic E-state index is 11.7. The lowest BCUT2D eigenvalue weighted by molar-refractivity contribution is 0.108. The van der Waals surface area contributed by atoms with E-state index < -0.39 is 0 Å². The Labute approximate surface area is 106 Å². The predicted molar refractivity (Wildman–Crippen MR) is 70.2 cm³/mol. The molecule has 1 aliphatic rings. The van der Waals surface area contributed by atoms with E-state index in [0.717, 1.165) is 18.8 Å². The molecule has 1 aliphatic heterocycles. The number of hydrogen-bond donors (Lipinski definition) is 0. The van der Waals surface area contributed by atoms with Crippen molar-refractivity contribution in [3.8, 4) is 0 Å². The summed E-state index contributed by atoms with van der Waals surface area (Å²) >= 11 is 1.91. The highest BCUT2D eigenvalue weighted by molar-refractivity contribution is 7.99. The lowest BCUT2D eigenvalue weighted by atomic mass is 10.1. The molecule has 0 bridgehead atoms. The second-order valence-corrected chi connectivity index (χ2v) is 5.23. The van der Waals surface area contributed by atoms with Crippen LogP contribution in [0.3, 0.4) is 0 Å². The minimum absolute atomic E-state index is 0.186. The lowest BCUT2D eigenvalue weighted by Crippen LogP contribution is -2.39. The van der Waals surface area contributed by atoms with Gasteiger partial charge in [-0.25, -0.2) is 4.79 Å². The van der Waals surface area contributed by atoms with Crippen molar-refractivity contribution in [2.24, 2.45) is 0 Å². The highest BCUT2D eigenvalue weighted by Crippen LogP contribution is 2.33. The second-order valence-electron chi connectivity index (χ2n) is 3.92. The van der Waals surface area contributed by atoms with Gasteiger partial charge in [0.05, 0.1) is 6.61 Å². The zero-order chi connectivity index (χ0) is 12.1. The molecule has 1 heterocycles. The number of benzene rings is 1. The molecule has 1 fully saturated rings. The zero-order valence-electron chi connectivity index (χ0n) is 9.96. The molecule has 0 aromatic heterocycles. The van der Waals surface area contributed by atoms with Crippen LogP contribution in [-0.4, -0.2) is 36.4 Å². The molecule has 1 unspecified atom stereocenters. The van der Waals surface area contributed by atoms with E-state index >= 15 is 0 Å². The van der Waals surface area contributed by atoms with Gasteiger partial charge < -0.3 is 9.64 Å². The van der Waals surface area contributed by atoms with Crippen LogP contribution >= 0.6 is 11.8 Å². The molecule has 1 amide bonds. The zero-order valence-corrected chi connectivity index (χ0v) is 10.8. The molecule has 0 aliphatic carbocycles. The number of thioether (sulfide) groups is 1. The fourth-order valence-electron chi connectivity index (χ4n) is 1.90.